The molecule has 160 valence electrons. The van der Waals surface area contributed by atoms with Crippen molar-refractivity contribution < 1.29 is 4.74 Å². The van der Waals surface area contributed by atoms with Crippen LogP contribution < -0.4 is 0 Å². The minimum absolute atomic E-state index is 0.591. The topological polar surface area (TPSA) is 30.3 Å². The fourth-order valence-corrected chi connectivity index (χ4v) is 5.87. The van der Waals surface area contributed by atoms with Gasteiger partial charge in [0.15, 0.2) is 0 Å². The number of aryl methyl sites for hydroxylation is 1. The summed E-state index contributed by atoms with van der Waals surface area (Å²) < 4.78 is 7.74. The molecule has 5 heteroatoms. The second-order valence-corrected chi connectivity index (χ2v) is 9.61. The predicted octanol–water partition coefficient (Wildman–Crippen LogP) is 4.77. The Hall–Kier alpha value is -2.14. The summed E-state index contributed by atoms with van der Waals surface area (Å²) >= 11 is 6.48. The largest absolute Gasteiger partial charge is 0.380 e. The smallest absolute Gasteiger partial charge is 0.141 e. The van der Waals surface area contributed by atoms with Crippen LogP contribution >= 0.6 is 11.6 Å². The number of fused-ring (bicyclic) bond motifs is 2. The van der Waals surface area contributed by atoms with Gasteiger partial charge >= 0.3 is 0 Å². The van der Waals surface area contributed by atoms with E-state index in [1.807, 2.05) is 18.2 Å². The molecular weight excluding hydrogens is 406 g/mol. The molecule has 0 radical (unpaired) electrons. The lowest BCUT2D eigenvalue weighted by Crippen LogP contribution is -2.43. The van der Waals surface area contributed by atoms with Crippen LogP contribution in [-0.4, -0.2) is 40.3 Å². The molecule has 0 bridgehead atoms. The standard InChI is InChI=1S/C26H28ClN3O/c1-29-25-11-12-30(14-24(25)28-26(29)21-6-2-3-8-23(21)27)19-10-9-17-5-4-7-20(22(17)13-19)18-15-31-16-18/h2-8,18-19H,9-16H2,1H3. The van der Waals surface area contributed by atoms with E-state index < -0.39 is 0 Å². The van der Waals surface area contributed by atoms with E-state index in [-0.39, 0.29) is 0 Å². The SMILES string of the molecule is Cn1c(-c2ccccc2Cl)nc2c1CCN(C1CCc3cccc(C4COC4)c3C1)C2. The highest BCUT2D eigenvalue weighted by atomic mass is 35.5. The molecule has 1 atom stereocenters. The summed E-state index contributed by atoms with van der Waals surface area (Å²) in [6.45, 7) is 3.80. The van der Waals surface area contributed by atoms with Gasteiger partial charge in [-0.15, -0.1) is 0 Å². The molecule has 1 aliphatic carbocycles. The van der Waals surface area contributed by atoms with Crippen molar-refractivity contribution in [3.05, 3.63) is 75.6 Å². The van der Waals surface area contributed by atoms with Crippen LogP contribution in [0.3, 0.4) is 0 Å². The number of hydrogen-bond donors (Lipinski definition) is 0. The lowest BCUT2D eigenvalue weighted by atomic mass is 9.80. The first kappa shape index (κ1) is 19.5. The monoisotopic (exact) mass is 433 g/mol. The molecule has 2 aromatic carbocycles. The van der Waals surface area contributed by atoms with Crippen molar-refractivity contribution in [2.45, 2.75) is 44.2 Å². The highest BCUT2D eigenvalue weighted by molar-refractivity contribution is 6.33. The van der Waals surface area contributed by atoms with E-state index in [4.69, 9.17) is 21.3 Å². The molecule has 6 rings (SSSR count). The van der Waals surface area contributed by atoms with Crippen LogP contribution in [0.2, 0.25) is 5.02 Å². The zero-order valence-electron chi connectivity index (χ0n) is 18.0. The van der Waals surface area contributed by atoms with Gasteiger partial charge in [-0.2, -0.15) is 0 Å². The summed E-state index contributed by atoms with van der Waals surface area (Å²) in [5.41, 5.74) is 8.27. The normalized spacial score (nSPS) is 21.4. The van der Waals surface area contributed by atoms with Gasteiger partial charge in [0.05, 0.1) is 23.9 Å². The third kappa shape index (κ3) is 3.32. The molecule has 4 nitrogen and oxygen atoms in total. The van der Waals surface area contributed by atoms with E-state index >= 15 is 0 Å². The zero-order valence-corrected chi connectivity index (χ0v) is 18.7. The van der Waals surface area contributed by atoms with Gasteiger partial charge in [0, 0.05) is 49.8 Å². The summed E-state index contributed by atoms with van der Waals surface area (Å²) in [5.74, 6) is 1.58. The first-order valence-electron chi connectivity index (χ1n) is 11.4. The van der Waals surface area contributed by atoms with Gasteiger partial charge in [-0.25, -0.2) is 4.98 Å². The van der Waals surface area contributed by atoms with Crippen LogP contribution in [-0.2, 0) is 37.6 Å². The maximum absolute atomic E-state index is 6.48. The molecule has 1 unspecified atom stereocenters. The molecular formula is C26H28ClN3O. The van der Waals surface area contributed by atoms with Crippen LogP contribution in [0.25, 0.3) is 11.4 Å². The quantitative estimate of drug-likeness (QED) is 0.596. The van der Waals surface area contributed by atoms with E-state index in [0.29, 0.717) is 12.0 Å². The fraction of sp³-hybridized carbons (Fsp3) is 0.423. The molecule has 0 spiro atoms. The van der Waals surface area contributed by atoms with Crippen LogP contribution in [0.15, 0.2) is 42.5 Å². The molecule has 2 aliphatic heterocycles. The van der Waals surface area contributed by atoms with E-state index in [9.17, 15) is 0 Å². The van der Waals surface area contributed by atoms with Crippen molar-refractivity contribution in [3.8, 4) is 11.4 Å². The first-order chi connectivity index (χ1) is 15.2. The lowest BCUT2D eigenvalue weighted by molar-refractivity contribution is 0.00779. The summed E-state index contributed by atoms with van der Waals surface area (Å²) in [4.78, 5) is 7.73. The molecule has 0 N–H and O–H groups in total. The first-order valence-corrected chi connectivity index (χ1v) is 11.8. The summed E-state index contributed by atoms with van der Waals surface area (Å²) in [6.07, 6.45) is 4.61. The van der Waals surface area contributed by atoms with E-state index in [0.717, 1.165) is 55.6 Å². The van der Waals surface area contributed by atoms with Gasteiger partial charge < -0.3 is 9.30 Å². The molecule has 3 aliphatic rings. The van der Waals surface area contributed by atoms with Crippen LogP contribution in [0.1, 0.15) is 40.4 Å². The Morgan fingerprint density at radius 3 is 2.74 bits per heavy atom. The molecule has 0 saturated carbocycles. The zero-order chi connectivity index (χ0) is 20.9. The number of imidazole rings is 1. The second kappa shape index (κ2) is 7.77. The number of hydrogen-bond acceptors (Lipinski definition) is 3. The van der Waals surface area contributed by atoms with Gasteiger partial charge in [-0.3, -0.25) is 4.90 Å². The third-order valence-corrected chi connectivity index (χ3v) is 7.82. The minimum atomic E-state index is 0.591. The number of ether oxygens (including phenoxy) is 1. The maximum Gasteiger partial charge on any atom is 0.141 e. The van der Waals surface area contributed by atoms with E-state index in [2.05, 4.69) is 40.8 Å². The average Bonchev–Trinajstić information content (AvgIpc) is 3.08. The summed E-state index contributed by atoms with van der Waals surface area (Å²) in [5, 5.41) is 0.765. The molecule has 31 heavy (non-hydrogen) atoms. The van der Waals surface area contributed by atoms with Gasteiger partial charge in [-0.05, 0) is 48.1 Å². The maximum atomic E-state index is 6.48. The van der Waals surface area contributed by atoms with Crippen molar-refractivity contribution in [2.24, 2.45) is 7.05 Å². The van der Waals surface area contributed by atoms with Crippen LogP contribution in [0.4, 0.5) is 0 Å². The van der Waals surface area contributed by atoms with Gasteiger partial charge in [0.2, 0.25) is 0 Å². The Morgan fingerprint density at radius 2 is 1.94 bits per heavy atom. The minimum Gasteiger partial charge on any atom is -0.380 e. The van der Waals surface area contributed by atoms with Gasteiger partial charge in [-0.1, -0.05) is 41.9 Å². The molecule has 3 aromatic rings. The van der Waals surface area contributed by atoms with Crippen molar-refractivity contribution in [1.82, 2.24) is 14.5 Å². The highest BCUT2D eigenvalue weighted by Gasteiger charge is 2.32. The Kier molecular flexibility index (Phi) is 4.90. The highest BCUT2D eigenvalue weighted by Crippen LogP contribution is 2.36. The third-order valence-electron chi connectivity index (χ3n) is 7.49. The van der Waals surface area contributed by atoms with Gasteiger partial charge in [0.25, 0.3) is 0 Å². The van der Waals surface area contributed by atoms with E-state index in [1.54, 1.807) is 11.1 Å². The Morgan fingerprint density at radius 1 is 1.06 bits per heavy atom. The number of benzene rings is 2. The van der Waals surface area contributed by atoms with E-state index in [1.165, 1.54) is 29.8 Å². The molecule has 3 heterocycles. The van der Waals surface area contributed by atoms with Crippen molar-refractivity contribution in [1.29, 1.82) is 0 Å². The number of aromatic nitrogens is 2. The number of nitrogens with zero attached hydrogens (tertiary/aromatic N) is 3. The van der Waals surface area contributed by atoms with Crippen LogP contribution in [0.5, 0.6) is 0 Å². The summed E-state index contributed by atoms with van der Waals surface area (Å²) in [6, 6.07) is 15.5. The molecule has 0 amide bonds. The predicted molar refractivity (Wildman–Crippen MR) is 124 cm³/mol. The molecule has 1 aromatic heterocycles. The molecule has 1 saturated heterocycles. The fourth-order valence-electron chi connectivity index (χ4n) is 5.65. The molecule has 1 fully saturated rings. The lowest BCUT2D eigenvalue weighted by Gasteiger charge is -2.39. The summed E-state index contributed by atoms with van der Waals surface area (Å²) in [7, 11) is 2.13. The Labute approximate surface area is 188 Å². The van der Waals surface area contributed by atoms with Crippen molar-refractivity contribution >= 4 is 11.6 Å². The number of rotatable bonds is 3. The average molecular weight is 434 g/mol. The number of halogens is 1. The van der Waals surface area contributed by atoms with Crippen LogP contribution in [0, 0.1) is 0 Å². The van der Waals surface area contributed by atoms with Crippen molar-refractivity contribution in [2.75, 3.05) is 19.8 Å². The Bertz CT molecular complexity index is 1130. The Balaban J connectivity index is 1.26. The van der Waals surface area contributed by atoms with Gasteiger partial charge in [0.1, 0.15) is 5.82 Å². The second-order valence-electron chi connectivity index (χ2n) is 9.20. The van der Waals surface area contributed by atoms with Crippen molar-refractivity contribution in [3.63, 3.8) is 0 Å².